The van der Waals surface area contributed by atoms with Crippen LogP contribution in [0.2, 0.25) is 0 Å². The molecule has 0 aliphatic heterocycles. The second-order valence-electron chi connectivity index (χ2n) is 0.816. The molecule has 0 radical (unpaired) electrons. The van der Waals surface area contributed by atoms with E-state index in [-0.39, 0.29) is 76.5 Å². The smallest absolute Gasteiger partial charge is 0.759 e. The van der Waals surface area contributed by atoms with Gasteiger partial charge < -0.3 is 18.2 Å². The van der Waals surface area contributed by atoms with Gasteiger partial charge in [0.25, 0.3) is 0 Å². The molecule has 0 heterocycles. The first kappa shape index (κ1) is 29.5. The molecule has 13 heteroatoms. The minimum Gasteiger partial charge on any atom is -0.759 e. The first-order chi connectivity index (χ1) is 4.00. The predicted molar refractivity (Wildman–Crippen MR) is 26.7 cm³/mol. The van der Waals surface area contributed by atoms with Crippen LogP contribution < -0.4 is 59.1 Å². The third kappa shape index (κ3) is 416. The van der Waals surface area contributed by atoms with Crippen LogP contribution in [0, 0.1) is 0 Å². The summed E-state index contributed by atoms with van der Waals surface area (Å²) in [6, 6.07) is 0. The van der Waals surface area contributed by atoms with Crippen molar-refractivity contribution in [1.82, 2.24) is 0 Å². The van der Waals surface area contributed by atoms with Crippen LogP contribution in [0.3, 0.4) is 0 Å². The second-order valence-corrected chi connectivity index (χ2v) is 2.45. The Morgan fingerprint density at radius 3 is 0.615 bits per heavy atom. The molecule has 0 aromatic heterocycles. The van der Waals surface area contributed by atoms with Crippen molar-refractivity contribution in [3.8, 4) is 0 Å². The topological polar surface area (TPSA) is 161 Å². The van der Waals surface area contributed by atoms with Gasteiger partial charge in [-0.2, -0.15) is 0 Å². The average molecular weight is 265 g/mol. The van der Waals surface area contributed by atoms with Gasteiger partial charge in [0.15, 0.2) is 0 Å². The van der Waals surface area contributed by atoms with Crippen LogP contribution in [-0.2, 0) is 20.8 Å². The zero-order valence-corrected chi connectivity index (χ0v) is 13.4. The van der Waals surface area contributed by atoms with Crippen LogP contribution in [0.25, 0.3) is 0 Å². The Morgan fingerprint density at radius 2 is 0.615 bits per heavy atom. The van der Waals surface area contributed by atoms with Gasteiger partial charge in [-0.25, -0.2) is 0 Å². The average Bonchev–Trinajstić information content (AvgIpc) is 1.12. The summed E-state index contributed by atoms with van der Waals surface area (Å²) in [5.41, 5.74) is 0. The largest absolute Gasteiger partial charge is 3.00 e. The van der Waals surface area contributed by atoms with Gasteiger partial charge in [-0.1, -0.05) is 0 Å². The van der Waals surface area contributed by atoms with E-state index < -0.39 is 20.8 Å². The molecule has 0 saturated carbocycles. The standard InChI is InChI=1S/Al.2Na.2H2O4S/c;;;2*1-5(2,3)4/h;;;2*(H2,1,2,3,4)/q+3;2*+1;;/p-4. The fourth-order valence-electron chi connectivity index (χ4n) is 0. The number of hydrogen-bond donors (Lipinski definition) is 0. The van der Waals surface area contributed by atoms with E-state index in [0.29, 0.717) is 0 Å². The summed E-state index contributed by atoms with van der Waals surface area (Å²) in [6.45, 7) is 0. The van der Waals surface area contributed by atoms with E-state index in [1.165, 1.54) is 0 Å². The minimum atomic E-state index is -5.17. The molecule has 0 rings (SSSR count). The van der Waals surface area contributed by atoms with Crippen LogP contribution in [0.5, 0.6) is 0 Å². The van der Waals surface area contributed by atoms with Gasteiger partial charge in [0.1, 0.15) is 0 Å². The summed E-state index contributed by atoms with van der Waals surface area (Å²) in [4.78, 5) is 0. The second kappa shape index (κ2) is 12.3. The van der Waals surface area contributed by atoms with Crippen molar-refractivity contribution in [3.05, 3.63) is 0 Å². The maximum Gasteiger partial charge on any atom is 3.00 e. The SMILES string of the molecule is O=S(=O)([O-])[O-].O=S(=O)([O-])[O-].[Al+3].[Na+].[Na+]. The number of hydrogen-bond acceptors (Lipinski definition) is 8. The third-order valence-electron chi connectivity index (χ3n) is 0. The zero-order valence-electron chi connectivity index (χ0n) is 6.66. The van der Waals surface area contributed by atoms with Gasteiger partial charge in [-0.3, -0.25) is 16.8 Å². The summed E-state index contributed by atoms with van der Waals surface area (Å²) in [7, 11) is -10.3. The van der Waals surface area contributed by atoms with Gasteiger partial charge in [0.2, 0.25) is 0 Å². The van der Waals surface area contributed by atoms with Crippen LogP contribution in [0.15, 0.2) is 0 Å². The predicted octanol–water partition coefficient (Wildman–Crippen LogP) is -9.05. The molecule has 0 aromatic carbocycles. The van der Waals surface area contributed by atoms with Crippen molar-refractivity contribution in [1.29, 1.82) is 0 Å². The van der Waals surface area contributed by atoms with Crippen LogP contribution in [-0.4, -0.2) is 52.4 Å². The van der Waals surface area contributed by atoms with Crippen LogP contribution in [0.4, 0.5) is 0 Å². The van der Waals surface area contributed by atoms with E-state index in [2.05, 4.69) is 0 Å². The molecule has 0 bridgehead atoms. The van der Waals surface area contributed by atoms with E-state index in [1.807, 2.05) is 0 Å². The van der Waals surface area contributed by atoms with E-state index in [1.54, 1.807) is 0 Å². The molecule has 0 aliphatic carbocycles. The first-order valence-corrected chi connectivity index (χ1v) is 4.00. The maximum atomic E-state index is 8.52. The summed E-state index contributed by atoms with van der Waals surface area (Å²) >= 11 is 0. The van der Waals surface area contributed by atoms with Crippen molar-refractivity contribution in [2.24, 2.45) is 0 Å². The van der Waals surface area contributed by atoms with Gasteiger partial charge >= 0.3 is 76.5 Å². The Labute approximate surface area is 130 Å². The molecule has 8 nitrogen and oxygen atoms in total. The molecular formula is AlNa2O8S2+. The van der Waals surface area contributed by atoms with E-state index in [4.69, 9.17) is 35.0 Å². The van der Waals surface area contributed by atoms with E-state index in [9.17, 15) is 0 Å². The van der Waals surface area contributed by atoms with Crippen LogP contribution in [0.1, 0.15) is 0 Å². The Bertz CT molecular complexity index is 217. The Balaban J connectivity index is -0.0000000267. The quantitative estimate of drug-likeness (QED) is 0.237. The fraction of sp³-hybridized carbons (Fsp3) is 0. The van der Waals surface area contributed by atoms with E-state index in [0.717, 1.165) is 0 Å². The third-order valence-corrected chi connectivity index (χ3v) is 0. The molecule has 13 heavy (non-hydrogen) atoms. The van der Waals surface area contributed by atoms with Crippen molar-refractivity contribution in [2.75, 3.05) is 0 Å². The first-order valence-electron chi connectivity index (χ1n) is 1.33. The molecule has 0 aliphatic rings. The monoisotopic (exact) mass is 265 g/mol. The maximum absolute atomic E-state index is 8.52. The van der Waals surface area contributed by atoms with Crippen molar-refractivity contribution >= 4 is 38.2 Å². The molecule has 0 fully saturated rings. The Kier molecular flexibility index (Phi) is 28.0. The van der Waals surface area contributed by atoms with Gasteiger partial charge in [-0.05, 0) is 0 Å². The summed E-state index contributed by atoms with van der Waals surface area (Å²) in [5, 5.41) is 0. The van der Waals surface area contributed by atoms with Crippen LogP contribution >= 0.6 is 0 Å². The molecule has 0 saturated heterocycles. The Hall–Kier alpha value is 2.27. The van der Waals surface area contributed by atoms with Gasteiger partial charge in [-0.15, -0.1) is 0 Å². The summed E-state index contributed by atoms with van der Waals surface area (Å²) in [5.74, 6) is 0. The Morgan fingerprint density at radius 1 is 0.615 bits per heavy atom. The summed E-state index contributed by atoms with van der Waals surface area (Å²) < 4.78 is 68.2. The van der Waals surface area contributed by atoms with Crippen molar-refractivity contribution < 1.29 is 94.2 Å². The minimum absolute atomic E-state index is 0. The molecule has 0 N–H and O–H groups in total. The summed E-state index contributed by atoms with van der Waals surface area (Å²) in [6.07, 6.45) is 0. The normalized spacial score (nSPS) is 8.92. The molecule has 0 spiro atoms. The van der Waals surface area contributed by atoms with Gasteiger partial charge in [0.05, 0.1) is 0 Å². The molecule has 0 aromatic rings. The molecule has 0 unspecified atom stereocenters. The molecular weight excluding hydrogens is 265 g/mol. The van der Waals surface area contributed by atoms with Gasteiger partial charge in [0, 0.05) is 20.8 Å². The van der Waals surface area contributed by atoms with E-state index >= 15 is 0 Å². The molecule has 0 amide bonds. The number of rotatable bonds is 0. The zero-order chi connectivity index (χ0) is 9.00. The molecule has 64 valence electrons. The fourth-order valence-corrected chi connectivity index (χ4v) is 0. The van der Waals surface area contributed by atoms with Crippen molar-refractivity contribution in [3.63, 3.8) is 0 Å². The molecule has 0 atom stereocenters. The van der Waals surface area contributed by atoms with Crippen molar-refractivity contribution in [2.45, 2.75) is 0 Å².